The molecule has 0 aromatic heterocycles. The van der Waals surface area contributed by atoms with Gasteiger partial charge in [0.1, 0.15) is 23.2 Å². The molecule has 7 heteroatoms. The van der Waals surface area contributed by atoms with Crippen LogP contribution in [0.15, 0.2) is 71.3 Å². The van der Waals surface area contributed by atoms with E-state index >= 15 is 0 Å². The van der Waals surface area contributed by atoms with Crippen LogP contribution in [0.3, 0.4) is 0 Å². The third kappa shape index (κ3) is 3.56. The molecule has 0 saturated heterocycles. The van der Waals surface area contributed by atoms with Crippen molar-refractivity contribution in [2.75, 3.05) is 0 Å². The van der Waals surface area contributed by atoms with Gasteiger partial charge < -0.3 is 15.2 Å². The van der Waals surface area contributed by atoms with Crippen LogP contribution in [0.2, 0.25) is 5.02 Å². The van der Waals surface area contributed by atoms with Crippen LogP contribution in [-0.4, -0.2) is 11.8 Å². The quantitative estimate of drug-likeness (QED) is 0.584. The predicted octanol–water partition coefficient (Wildman–Crippen LogP) is 4.37. The third-order valence-corrected chi connectivity index (χ3v) is 5.45. The standard InChI is InChI=1S/C23H17ClN2O4/c24-17-5-2-1-4-15(17)23(28)29-14-10-8-13(9-11-14)20-16(12-25)22(26)30-19-7-3-6-18(27)21(19)20/h1-2,4-5,8-11,20H,3,6-7,26H2/t20-/m0/s1. The van der Waals surface area contributed by atoms with Crippen molar-refractivity contribution < 1.29 is 19.1 Å². The number of hydrogen-bond acceptors (Lipinski definition) is 6. The molecule has 1 aliphatic carbocycles. The Morgan fingerprint density at radius 1 is 1.17 bits per heavy atom. The molecular formula is C23H17ClN2O4. The van der Waals surface area contributed by atoms with Crippen molar-refractivity contribution in [3.05, 3.63) is 87.5 Å². The number of halogens is 1. The van der Waals surface area contributed by atoms with Gasteiger partial charge in [0.2, 0.25) is 5.88 Å². The number of ketones is 1. The largest absolute Gasteiger partial charge is 0.444 e. The maximum Gasteiger partial charge on any atom is 0.345 e. The Balaban J connectivity index is 1.64. The summed E-state index contributed by atoms with van der Waals surface area (Å²) in [5.41, 5.74) is 7.58. The molecule has 2 aromatic rings. The Hall–Kier alpha value is -3.56. The van der Waals surface area contributed by atoms with E-state index in [1.807, 2.05) is 0 Å². The number of ether oxygens (including phenoxy) is 2. The van der Waals surface area contributed by atoms with Crippen LogP contribution in [0.5, 0.6) is 5.75 Å². The molecule has 0 amide bonds. The molecule has 1 heterocycles. The summed E-state index contributed by atoms with van der Waals surface area (Å²) in [5.74, 6) is -0.355. The van der Waals surface area contributed by atoms with Crippen molar-refractivity contribution in [3.8, 4) is 11.8 Å². The highest BCUT2D eigenvalue weighted by Gasteiger charge is 2.37. The molecule has 2 N–H and O–H groups in total. The summed E-state index contributed by atoms with van der Waals surface area (Å²) < 4.78 is 11.0. The van der Waals surface area contributed by atoms with Crippen LogP contribution < -0.4 is 10.5 Å². The molecule has 6 nitrogen and oxygen atoms in total. The van der Waals surface area contributed by atoms with Gasteiger partial charge in [-0.05, 0) is 36.2 Å². The Kier molecular flexibility index (Phi) is 5.30. The zero-order valence-corrected chi connectivity index (χ0v) is 16.6. The van der Waals surface area contributed by atoms with Gasteiger partial charge in [-0.3, -0.25) is 4.79 Å². The lowest BCUT2D eigenvalue weighted by molar-refractivity contribution is -0.116. The molecule has 0 fully saturated rings. The number of esters is 1. The lowest BCUT2D eigenvalue weighted by Crippen LogP contribution is -2.27. The first kappa shape index (κ1) is 19.7. The lowest BCUT2D eigenvalue weighted by atomic mass is 9.77. The van der Waals surface area contributed by atoms with Gasteiger partial charge in [0.25, 0.3) is 0 Å². The number of carbonyl (C=O) groups excluding carboxylic acids is 2. The first-order valence-corrected chi connectivity index (χ1v) is 9.78. The maximum absolute atomic E-state index is 12.6. The first-order valence-electron chi connectivity index (χ1n) is 9.40. The Labute approximate surface area is 178 Å². The number of nitrogens with two attached hydrogens (primary N) is 1. The third-order valence-electron chi connectivity index (χ3n) is 5.12. The van der Waals surface area contributed by atoms with Crippen LogP contribution in [0.1, 0.15) is 41.1 Å². The van der Waals surface area contributed by atoms with Crippen molar-refractivity contribution in [1.82, 2.24) is 0 Å². The minimum Gasteiger partial charge on any atom is -0.444 e. The number of allylic oxidation sites excluding steroid dienone is 3. The average Bonchev–Trinajstić information content (AvgIpc) is 2.74. The van der Waals surface area contributed by atoms with E-state index in [4.69, 9.17) is 26.8 Å². The second-order valence-corrected chi connectivity index (χ2v) is 7.38. The predicted molar refractivity (Wildman–Crippen MR) is 109 cm³/mol. The molecule has 0 bridgehead atoms. The van der Waals surface area contributed by atoms with Gasteiger partial charge in [-0.2, -0.15) is 5.26 Å². The van der Waals surface area contributed by atoms with Crippen molar-refractivity contribution in [3.63, 3.8) is 0 Å². The summed E-state index contributed by atoms with van der Waals surface area (Å²) in [5, 5.41) is 9.91. The normalized spacial score (nSPS) is 18.4. The van der Waals surface area contributed by atoms with Crippen LogP contribution in [0, 0.1) is 11.3 Å². The molecule has 30 heavy (non-hydrogen) atoms. The Morgan fingerprint density at radius 2 is 1.90 bits per heavy atom. The van der Waals surface area contributed by atoms with Gasteiger partial charge in [-0.1, -0.05) is 35.9 Å². The zero-order chi connectivity index (χ0) is 21.3. The van der Waals surface area contributed by atoms with E-state index in [0.29, 0.717) is 46.9 Å². The minimum absolute atomic E-state index is 0.0187. The summed E-state index contributed by atoms with van der Waals surface area (Å²) in [7, 11) is 0. The van der Waals surface area contributed by atoms with Crippen molar-refractivity contribution in [1.29, 1.82) is 5.26 Å². The van der Waals surface area contributed by atoms with Gasteiger partial charge in [0.15, 0.2) is 5.78 Å². The molecule has 4 rings (SSSR count). The van der Waals surface area contributed by atoms with Gasteiger partial charge in [-0.25, -0.2) is 4.79 Å². The Bertz CT molecular complexity index is 1140. The number of hydrogen-bond donors (Lipinski definition) is 1. The molecule has 0 radical (unpaired) electrons. The van der Waals surface area contributed by atoms with Crippen molar-refractivity contribution in [2.45, 2.75) is 25.2 Å². The molecule has 1 atom stereocenters. The van der Waals surface area contributed by atoms with E-state index < -0.39 is 11.9 Å². The van der Waals surface area contributed by atoms with Crippen molar-refractivity contribution >= 4 is 23.4 Å². The molecule has 2 aliphatic rings. The maximum atomic E-state index is 12.6. The topological polar surface area (TPSA) is 102 Å². The fourth-order valence-corrected chi connectivity index (χ4v) is 3.92. The molecule has 1 aliphatic heterocycles. The smallest absolute Gasteiger partial charge is 0.345 e. The monoisotopic (exact) mass is 420 g/mol. The zero-order valence-electron chi connectivity index (χ0n) is 15.9. The van der Waals surface area contributed by atoms with E-state index in [-0.39, 0.29) is 22.8 Å². The highest BCUT2D eigenvalue weighted by Crippen LogP contribution is 2.43. The molecule has 0 spiro atoms. The van der Waals surface area contributed by atoms with Crippen LogP contribution in [-0.2, 0) is 9.53 Å². The van der Waals surface area contributed by atoms with E-state index in [1.165, 1.54) is 0 Å². The second kappa shape index (κ2) is 8.05. The lowest BCUT2D eigenvalue weighted by Gasteiger charge is -2.31. The number of rotatable bonds is 3. The van der Waals surface area contributed by atoms with E-state index in [9.17, 15) is 14.9 Å². The Morgan fingerprint density at radius 3 is 2.60 bits per heavy atom. The molecule has 0 unspecified atom stereocenters. The van der Waals surface area contributed by atoms with Crippen LogP contribution in [0.4, 0.5) is 0 Å². The SMILES string of the molecule is N#CC1=C(N)OC2=C(C(=O)CCC2)[C@H]1c1ccc(OC(=O)c2ccccc2Cl)cc1. The first-order chi connectivity index (χ1) is 14.5. The second-order valence-electron chi connectivity index (χ2n) is 6.98. The average molecular weight is 421 g/mol. The fraction of sp³-hybridized carbons (Fsp3) is 0.174. The molecule has 150 valence electrons. The van der Waals surface area contributed by atoms with Crippen LogP contribution >= 0.6 is 11.6 Å². The number of benzene rings is 2. The molecule has 2 aromatic carbocycles. The van der Waals surface area contributed by atoms with E-state index in [1.54, 1.807) is 48.5 Å². The number of nitrogens with zero attached hydrogens (tertiary/aromatic N) is 1. The number of Topliss-reactive ketones (excluding diaryl/α,β-unsaturated/α-hetero) is 1. The molecule has 0 saturated carbocycles. The molecular weight excluding hydrogens is 404 g/mol. The number of nitriles is 1. The van der Waals surface area contributed by atoms with Crippen LogP contribution in [0.25, 0.3) is 0 Å². The van der Waals surface area contributed by atoms with Gasteiger partial charge >= 0.3 is 5.97 Å². The van der Waals surface area contributed by atoms with E-state index in [2.05, 4.69) is 6.07 Å². The summed E-state index contributed by atoms with van der Waals surface area (Å²) in [6.45, 7) is 0. The van der Waals surface area contributed by atoms with E-state index in [0.717, 1.165) is 0 Å². The minimum atomic E-state index is -0.597. The summed E-state index contributed by atoms with van der Waals surface area (Å²) in [4.78, 5) is 24.9. The highest BCUT2D eigenvalue weighted by atomic mass is 35.5. The van der Waals surface area contributed by atoms with Gasteiger partial charge in [-0.15, -0.1) is 0 Å². The summed E-state index contributed by atoms with van der Waals surface area (Å²) in [6, 6.07) is 15.3. The highest BCUT2D eigenvalue weighted by molar-refractivity contribution is 6.33. The van der Waals surface area contributed by atoms with Gasteiger partial charge in [0.05, 0.1) is 16.5 Å². The number of carbonyl (C=O) groups is 2. The van der Waals surface area contributed by atoms with Crippen molar-refractivity contribution in [2.24, 2.45) is 5.73 Å². The summed E-state index contributed by atoms with van der Waals surface area (Å²) >= 11 is 6.04. The van der Waals surface area contributed by atoms with Gasteiger partial charge in [0, 0.05) is 18.4 Å². The fourth-order valence-electron chi connectivity index (χ4n) is 3.71. The summed E-state index contributed by atoms with van der Waals surface area (Å²) in [6.07, 6.45) is 1.70.